The monoisotopic (exact) mass is 389 g/mol. The third-order valence-electron chi connectivity index (χ3n) is 4.88. The Morgan fingerprint density at radius 1 is 1.03 bits per heavy atom. The zero-order valence-corrected chi connectivity index (χ0v) is 16.3. The lowest BCUT2D eigenvalue weighted by atomic mass is 10.00. The van der Waals surface area contributed by atoms with Gasteiger partial charge in [-0.25, -0.2) is 4.98 Å². The number of rotatable bonds is 6. The van der Waals surface area contributed by atoms with Crippen molar-refractivity contribution in [3.05, 3.63) is 78.0 Å². The quantitative estimate of drug-likeness (QED) is 0.693. The minimum atomic E-state index is -0.0513. The average Bonchev–Trinajstić information content (AvgIpc) is 2.75. The molecule has 2 heterocycles. The summed E-state index contributed by atoms with van der Waals surface area (Å²) < 4.78 is 11.0. The van der Waals surface area contributed by atoms with E-state index in [1.54, 1.807) is 25.4 Å². The number of aromatic nitrogens is 1. The lowest BCUT2D eigenvalue weighted by Gasteiger charge is -2.28. The number of benzene rings is 2. The van der Waals surface area contributed by atoms with Crippen LogP contribution in [-0.4, -0.2) is 36.0 Å². The van der Waals surface area contributed by atoms with Crippen LogP contribution in [0.15, 0.2) is 66.9 Å². The van der Waals surface area contributed by atoms with Gasteiger partial charge in [0.05, 0.1) is 25.5 Å². The van der Waals surface area contributed by atoms with E-state index in [0.29, 0.717) is 29.6 Å². The first-order valence-electron chi connectivity index (χ1n) is 9.57. The maximum absolute atomic E-state index is 12.4. The van der Waals surface area contributed by atoms with Gasteiger partial charge in [-0.2, -0.15) is 0 Å². The second-order valence-corrected chi connectivity index (χ2v) is 6.92. The molecule has 6 heteroatoms. The van der Waals surface area contributed by atoms with Crippen molar-refractivity contribution < 1.29 is 14.3 Å². The van der Waals surface area contributed by atoms with Crippen LogP contribution in [0.5, 0.6) is 17.4 Å². The third kappa shape index (κ3) is 4.73. The van der Waals surface area contributed by atoms with Crippen LogP contribution < -0.4 is 14.8 Å². The van der Waals surface area contributed by atoms with Crippen molar-refractivity contribution in [2.24, 2.45) is 0 Å². The number of para-hydroxylation sites is 2. The summed E-state index contributed by atoms with van der Waals surface area (Å²) in [5.41, 5.74) is 3.31. The largest absolute Gasteiger partial charge is 0.493 e. The molecule has 1 aliphatic heterocycles. The predicted octanol–water partition coefficient (Wildman–Crippen LogP) is 3.88. The Hall–Kier alpha value is -3.38. The summed E-state index contributed by atoms with van der Waals surface area (Å²) in [6.07, 6.45) is 2.56. The molecule has 1 N–H and O–H groups in total. The smallest absolute Gasteiger partial charge is 0.238 e. The second-order valence-electron chi connectivity index (χ2n) is 6.92. The normalized spacial score (nSPS) is 13.4. The van der Waals surface area contributed by atoms with Crippen molar-refractivity contribution in [2.75, 3.05) is 25.5 Å². The Balaban J connectivity index is 1.32. The van der Waals surface area contributed by atoms with Gasteiger partial charge in [0, 0.05) is 19.2 Å². The third-order valence-corrected chi connectivity index (χ3v) is 4.88. The number of nitrogens with one attached hydrogen (secondary N) is 1. The number of methoxy groups -OCH3 is 1. The van der Waals surface area contributed by atoms with Gasteiger partial charge < -0.3 is 14.8 Å². The minimum absolute atomic E-state index is 0.0513. The van der Waals surface area contributed by atoms with E-state index in [1.165, 1.54) is 11.1 Å². The number of carbonyl (C=O) groups excluding carboxylic acids is 1. The van der Waals surface area contributed by atoms with Gasteiger partial charge in [0.15, 0.2) is 11.5 Å². The molecule has 1 aliphatic rings. The highest BCUT2D eigenvalue weighted by molar-refractivity contribution is 5.92. The topological polar surface area (TPSA) is 63.7 Å². The van der Waals surface area contributed by atoms with Gasteiger partial charge in [-0.05, 0) is 35.7 Å². The molecule has 0 unspecified atom stereocenters. The zero-order chi connectivity index (χ0) is 20.1. The number of nitrogens with zero attached hydrogens (tertiary/aromatic N) is 2. The van der Waals surface area contributed by atoms with E-state index in [2.05, 4.69) is 33.4 Å². The number of anilines is 1. The van der Waals surface area contributed by atoms with Crippen molar-refractivity contribution >= 4 is 11.6 Å². The van der Waals surface area contributed by atoms with E-state index in [4.69, 9.17) is 9.47 Å². The number of carbonyl (C=O) groups is 1. The van der Waals surface area contributed by atoms with Gasteiger partial charge in [0.2, 0.25) is 11.8 Å². The number of hydrogen-bond donors (Lipinski definition) is 1. The minimum Gasteiger partial charge on any atom is -0.493 e. The lowest BCUT2D eigenvalue weighted by molar-refractivity contribution is -0.117. The van der Waals surface area contributed by atoms with Crippen LogP contribution in [0.3, 0.4) is 0 Å². The predicted molar refractivity (Wildman–Crippen MR) is 111 cm³/mol. The zero-order valence-electron chi connectivity index (χ0n) is 16.3. The van der Waals surface area contributed by atoms with Gasteiger partial charge in [-0.3, -0.25) is 9.69 Å². The fourth-order valence-corrected chi connectivity index (χ4v) is 3.42. The number of pyridine rings is 1. The SMILES string of the molecule is COc1ccccc1Oc1ccc(NC(=O)CN2CCc3ccccc3C2)cn1. The molecule has 148 valence electrons. The van der Waals surface area contributed by atoms with Crippen molar-refractivity contribution in [1.29, 1.82) is 0 Å². The van der Waals surface area contributed by atoms with Crippen LogP contribution >= 0.6 is 0 Å². The summed E-state index contributed by atoms with van der Waals surface area (Å²) in [6.45, 7) is 2.04. The highest BCUT2D eigenvalue weighted by atomic mass is 16.5. The fraction of sp³-hybridized carbons (Fsp3) is 0.217. The maximum atomic E-state index is 12.4. The molecule has 29 heavy (non-hydrogen) atoms. The Kier molecular flexibility index (Phi) is 5.72. The molecule has 1 amide bonds. The molecule has 0 fully saturated rings. The molecule has 0 radical (unpaired) electrons. The molecular formula is C23H23N3O3. The van der Waals surface area contributed by atoms with E-state index < -0.39 is 0 Å². The summed E-state index contributed by atoms with van der Waals surface area (Å²) >= 11 is 0. The molecule has 0 saturated heterocycles. The molecule has 2 aromatic carbocycles. The standard InChI is InChI=1S/C23H23N3O3/c1-28-20-8-4-5-9-21(20)29-23-11-10-19(14-24-23)25-22(27)16-26-13-12-17-6-2-3-7-18(17)15-26/h2-11,14H,12-13,15-16H2,1H3,(H,25,27). The Morgan fingerprint density at radius 3 is 2.55 bits per heavy atom. The van der Waals surface area contributed by atoms with Crippen LogP contribution in [0.4, 0.5) is 5.69 Å². The maximum Gasteiger partial charge on any atom is 0.238 e. The molecule has 4 rings (SSSR count). The van der Waals surface area contributed by atoms with Gasteiger partial charge >= 0.3 is 0 Å². The summed E-state index contributed by atoms with van der Waals surface area (Å²) in [5, 5.41) is 2.90. The Bertz CT molecular complexity index is 989. The average molecular weight is 389 g/mol. The number of fused-ring (bicyclic) bond motifs is 1. The highest BCUT2D eigenvalue weighted by Crippen LogP contribution is 2.30. The van der Waals surface area contributed by atoms with Gasteiger partial charge in [-0.15, -0.1) is 0 Å². The Morgan fingerprint density at radius 2 is 1.79 bits per heavy atom. The fourth-order valence-electron chi connectivity index (χ4n) is 3.42. The van der Waals surface area contributed by atoms with Crippen LogP contribution in [0.2, 0.25) is 0 Å². The van der Waals surface area contributed by atoms with Crippen molar-refractivity contribution in [1.82, 2.24) is 9.88 Å². The summed E-state index contributed by atoms with van der Waals surface area (Å²) in [7, 11) is 1.59. The van der Waals surface area contributed by atoms with Crippen LogP contribution in [0, 0.1) is 0 Å². The van der Waals surface area contributed by atoms with E-state index in [9.17, 15) is 4.79 Å². The molecule has 0 bridgehead atoms. The summed E-state index contributed by atoms with van der Waals surface area (Å²) in [4.78, 5) is 18.9. The first-order valence-corrected chi connectivity index (χ1v) is 9.57. The first kappa shape index (κ1) is 19.0. The van der Waals surface area contributed by atoms with Crippen LogP contribution in [-0.2, 0) is 17.8 Å². The first-order chi connectivity index (χ1) is 14.2. The number of ether oxygens (including phenoxy) is 2. The van der Waals surface area contributed by atoms with Crippen LogP contribution in [0.25, 0.3) is 0 Å². The molecule has 1 aromatic heterocycles. The second kappa shape index (κ2) is 8.75. The van der Waals surface area contributed by atoms with Crippen molar-refractivity contribution in [2.45, 2.75) is 13.0 Å². The van der Waals surface area contributed by atoms with Gasteiger partial charge in [0.1, 0.15) is 0 Å². The highest BCUT2D eigenvalue weighted by Gasteiger charge is 2.18. The van der Waals surface area contributed by atoms with E-state index in [0.717, 1.165) is 19.5 Å². The summed E-state index contributed by atoms with van der Waals surface area (Å²) in [6, 6.07) is 19.3. The molecule has 0 aliphatic carbocycles. The number of amides is 1. The van der Waals surface area contributed by atoms with Crippen molar-refractivity contribution in [3.8, 4) is 17.4 Å². The van der Waals surface area contributed by atoms with Gasteiger partial charge in [-0.1, -0.05) is 36.4 Å². The van der Waals surface area contributed by atoms with E-state index in [-0.39, 0.29) is 5.91 Å². The van der Waals surface area contributed by atoms with Crippen molar-refractivity contribution in [3.63, 3.8) is 0 Å². The molecular weight excluding hydrogens is 366 g/mol. The lowest BCUT2D eigenvalue weighted by Crippen LogP contribution is -2.37. The summed E-state index contributed by atoms with van der Waals surface area (Å²) in [5.74, 6) is 1.60. The number of hydrogen-bond acceptors (Lipinski definition) is 5. The van der Waals surface area contributed by atoms with Gasteiger partial charge in [0.25, 0.3) is 0 Å². The Labute approximate surface area is 170 Å². The van der Waals surface area contributed by atoms with E-state index >= 15 is 0 Å². The van der Waals surface area contributed by atoms with Crippen LogP contribution in [0.1, 0.15) is 11.1 Å². The molecule has 0 saturated carbocycles. The molecule has 6 nitrogen and oxygen atoms in total. The molecule has 0 spiro atoms. The molecule has 3 aromatic rings. The molecule has 0 atom stereocenters. The van der Waals surface area contributed by atoms with E-state index in [1.807, 2.05) is 30.3 Å².